The quantitative estimate of drug-likeness (QED) is 0.730. The molecule has 2 aromatic carbocycles. The van der Waals surface area contributed by atoms with Crippen molar-refractivity contribution in [2.24, 2.45) is 0 Å². The number of ether oxygens (including phenoxy) is 1. The summed E-state index contributed by atoms with van der Waals surface area (Å²) < 4.78 is 5.46. The van der Waals surface area contributed by atoms with Crippen LogP contribution in [0.4, 0.5) is 11.4 Å². The van der Waals surface area contributed by atoms with Crippen molar-refractivity contribution >= 4 is 28.7 Å². The van der Waals surface area contributed by atoms with Gasteiger partial charge in [0, 0.05) is 5.69 Å². The molecule has 0 atom stereocenters. The van der Waals surface area contributed by atoms with E-state index in [2.05, 4.69) is 75.6 Å². The van der Waals surface area contributed by atoms with E-state index in [1.807, 2.05) is 6.07 Å². The third kappa shape index (κ3) is 4.48. The third-order valence-corrected chi connectivity index (χ3v) is 4.16. The number of rotatable bonds is 3. The fourth-order valence-corrected chi connectivity index (χ4v) is 2.64. The molecule has 0 aliphatic carbocycles. The highest BCUT2D eigenvalue weighted by Gasteiger charge is 2.16. The Morgan fingerprint density at radius 2 is 1.62 bits per heavy atom. The summed E-state index contributed by atoms with van der Waals surface area (Å²) in [6, 6.07) is 12.4. The molecule has 4 heteroatoms. The maximum atomic E-state index is 5.49. The molecule has 0 aliphatic rings. The van der Waals surface area contributed by atoms with Gasteiger partial charge >= 0.3 is 0 Å². The van der Waals surface area contributed by atoms with Gasteiger partial charge in [-0.1, -0.05) is 39.0 Å². The highest BCUT2D eigenvalue weighted by molar-refractivity contribution is 7.80. The summed E-state index contributed by atoms with van der Waals surface area (Å²) >= 11 is 5.49. The van der Waals surface area contributed by atoms with Gasteiger partial charge in [-0.25, -0.2) is 0 Å². The molecular formula is C20H26N2OS. The van der Waals surface area contributed by atoms with Gasteiger partial charge in [0.15, 0.2) is 5.11 Å². The lowest BCUT2D eigenvalue weighted by Gasteiger charge is -2.22. The van der Waals surface area contributed by atoms with Crippen LogP contribution in [0.1, 0.15) is 37.5 Å². The SMILES string of the molecule is COc1ccc(C(C)(C)C)cc1NC(=S)Nc1cc(C)ccc1C. The Kier molecular flexibility index (Phi) is 5.50. The molecule has 2 N–H and O–H groups in total. The molecule has 0 bridgehead atoms. The van der Waals surface area contributed by atoms with Crippen LogP contribution in [0.3, 0.4) is 0 Å². The van der Waals surface area contributed by atoms with Crippen molar-refractivity contribution in [3.05, 3.63) is 53.1 Å². The second-order valence-corrected chi connectivity index (χ2v) is 7.47. The topological polar surface area (TPSA) is 33.3 Å². The first-order chi connectivity index (χ1) is 11.2. The third-order valence-electron chi connectivity index (χ3n) is 3.95. The van der Waals surface area contributed by atoms with Gasteiger partial charge < -0.3 is 15.4 Å². The average Bonchev–Trinajstić information content (AvgIpc) is 2.50. The van der Waals surface area contributed by atoms with E-state index in [9.17, 15) is 0 Å². The number of hydrogen-bond donors (Lipinski definition) is 2. The summed E-state index contributed by atoms with van der Waals surface area (Å²) in [5.41, 5.74) is 5.51. The molecule has 0 aliphatic heterocycles. The van der Waals surface area contributed by atoms with Crippen LogP contribution in [0, 0.1) is 13.8 Å². The van der Waals surface area contributed by atoms with Crippen LogP contribution >= 0.6 is 12.2 Å². The molecule has 2 rings (SSSR count). The smallest absolute Gasteiger partial charge is 0.175 e. The van der Waals surface area contributed by atoms with Gasteiger partial charge in [-0.3, -0.25) is 0 Å². The first-order valence-electron chi connectivity index (χ1n) is 8.04. The van der Waals surface area contributed by atoms with E-state index >= 15 is 0 Å². The highest BCUT2D eigenvalue weighted by Crippen LogP contribution is 2.31. The molecule has 2 aromatic rings. The van der Waals surface area contributed by atoms with E-state index in [0.717, 1.165) is 22.7 Å². The zero-order valence-electron chi connectivity index (χ0n) is 15.3. The maximum Gasteiger partial charge on any atom is 0.175 e. The lowest BCUT2D eigenvalue weighted by atomic mass is 9.87. The predicted octanol–water partition coefficient (Wildman–Crippen LogP) is 5.42. The monoisotopic (exact) mass is 342 g/mol. The highest BCUT2D eigenvalue weighted by atomic mass is 32.1. The summed E-state index contributed by atoms with van der Waals surface area (Å²) in [5, 5.41) is 7.09. The van der Waals surface area contributed by atoms with E-state index in [0.29, 0.717) is 5.11 Å². The molecule has 0 fully saturated rings. The number of aryl methyl sites for hydroxylation is 2. The van der Waals surface area contributed by atoms with Gasteiger partial charge in [-0.05, 0) is 66.4 Å². The average molecular weight is 343 g/mol. The Morgan fingerprint density at radius 3 is 2.25 bits per heavy atom. The lowest BCUT2D eigenvalue weighted by Crippen LogP contribution is -2.21. The summed E-state index contributed by atoms with van der Waals surface area (Å²) in [6.45, 7) is 10.7. The summed E-state index contributed by atoms with van der Waals surface area (Å²) in [6.07, 6.45) is 0. The number of hydrogen-bond acceptors (Lipinski definition) is 2. The number of thiocarbonyl (C=S) groups is 1. The van der Waals surface area contributed by atoms with E-state index in [4.69, 9.17) is 17.0 Å². The Morgan fingerprint density at radius 1 is 0.958 bits per heavy atom. The minimum atomic E-state index is 0.0604. The molecule has 0 radical (unpaired) electrons. The molecule has 0 heterocycles. The van der Waals surface area contributed by atoms with E-state index in [1.165, 1.54) is 11.1 Å². The normalized spacial score (nSPS) is 11.1. The van der Waals surface area contributed by atoms with Crippen molar-refractivity contribution < 1.29 is 4.74 Å². The van der Waals surface area contributed by atoms with Crippen molar-refractivity contribution in [1.82, 2.24) is 0 Å². The van der Waals surface area contributed by atoms with Crippen molar-refractivity contribution in [3.8, 4) is 5.75 Å². The predicted molar refractivity (Wildman–Crippen MR) is 107 cm³/mol. The Labute approximate surface area is 150 Å². The first-order valence-corrected chi connectivity index (χ1v) is 8.45. The minimum absolute atomic E-state index is 0.0604. The van der Waals surface area contributed by atoms with Crippen LogP contribution in [0.15, 0.2) is 36.4 Å². The molecule has 0 amide bonds. The number of nitrogens with one attached hydrogen (secondary N) is 2. The van der Waals surface area contributed by atoms with Gasteiger partial charge in [-0.15, -0.1) is 0 Å². The van der Waals surface area contributed by atoms with Gasteiger partial charge in [0.2, 0.25) is 0 Å². The zero-order chi connectivity index (χ0) is 17.9. The molecule has 0 aromatic heterocycles. The van der Waals surface area contributed by atoms with Gasteiger partial charge in [0.05, 0.1) is 12.8 Å². The fraction of sp³-hybridized carbons (Fsp3) is 0.350. The maximum absolute atomic E-state index is 5.49. The Bertz CT molecular complexity index is 748. The summed E-state index contributed by atoms with van der Waals surface area (Å²) in [7, 11) is 1.67. The van der Waals surface area contributed by atoms with E-state index in [-0.39, 0.29) is 5.41 Å². The standard InChI is InChI=1S/C20H26N2OS/c1-13-7-8-14(2)16(11-13)21-19(24)22-17-12-15(20(3,4)5)9-10-18(17)23-6/h7-12H,1-6H3,(H2,21,22,24). The summed E-state index contributed by atoms with van der Waals surface area (Å²) in [4.78, 5) is 0. The van der Waals surface area contributed by atoms with Crippen LogP contribution < -0.4 is 15.4 Å². The fourth-order valence-electron chi connectivity index (χ4n) is 2.42. The first kappa shape index (κ1) is 18.3. The van der Waals surface area contributed by atoms with E-state index < -0.39 is 0 Å². The summed E-state index contributed by atoms with van der Waals surface area (Å²) in [5.74, 6) is 0.771. The Hall–Kier alpha value is -2.07. The van der Waals surface area contributed by atoms with Crippen molar-refractivity contribution in [3.63, 3.8) is 0 Å². The van der Waals surface area contributed by atoms with Gasteiger partial charge in [0.25, 0.3) is 0 Å². The van der Waals surface area contributed by atoms with Crippen LogP contribution in [0.2, 0.25) is 0 Å². The van der Waals surface area contributed by atoms with Crippen molar-refractivity contribution in [1.29, 1.82) is 0 Å². The van der Waals surface area contributed by atoms with Crippen LogP contribution in [-0.4, -0.2) is 12.2 Å². The molecular weight excluding hydrogens is 316 g/mol. The Balaban J connectivity index is 2.23. The largest absolute Gasteiger partial charge is 0.495 e. The van der Waals surface area contributed by atoms with Crippen molar-refractivity contribution in [2.75, 3.05) is 17.7 Å². The second-order valence-electron chi connectivity index (χ2n) is 7.06. The molecule has 0 saturated heterocycles. The molecule has 128 valence electrons. The van der Waals surface area contributed by atoms with E-state index in [1.54, 1.807) is 7.11 Å². The number of methoxy groups -OCH3 is 1. The van der Waals surface area contributed by atoms with Gasteiger partial charge in [0.1, 0.15) is 5.75 Å². The van der Waals surface area contributed by atoms with Gasteiger partial charge in [-0.2, -0.15) is 0 Å². The molecule has 3 nitrogen and oxygen atoms in total. The molecule has 0 saturated carbocycles. The van der Waals surface area contributed by atoms with Crippen molar-refractivity contribution in [2.45, 2.75) is 40.0 Å². The molecule has 0 unspecified atom stereocenters. The van der Waals surface area contributed by atoms with Crippen LogP contribution in [-0.2, 0) is 5.41 Å². The number of benzene rings is 2. The minimum Gasteiger partial charge on any atom is -0.495 e. The van der Waals surface area contributed by atoms with Crippen LogP contribution in [0.5, 0.6) is 5.75 Å². The lowest BCUT2D eigenvalue weighted by molar-refractivity contribution is 0.416. The van der Waals surface area contributed by atoms with Crippen LogP contribution in [0.25, 0.3) is 0 Å². The number of anilines is 2. The molecule has 24 heavy (non-hydrogen) atoms. The molecule has 0 spiro atoms. The zero-order valence-corrected chi connectivity index (χ0v) is 16.1. The second kappa shape index (κ2) is 7.22.